The highest BCUT2D eigenvalue weighted by atomic mass is 35.5. The van der Waals surface area contributed by atoms with Crippen molar-refractivity contribution in [3.63, 3.8) is 0 Å². The molecule has 3 aromatic rings. The van der Waals surface area contributed by atoms with Gasteiger partial charge in [-0.1, -0.05) is 11.6 Å². The molecule has 0 fully saturated rings. The first-order valence-corrected chi connectivity index (χ1v) is 8.33. The van der Waals surface area contributed by atoms with Crippen LogP contribution in [0.1, 0.15) is 5.56 Å². The number of benzene rings is 2. The van der Waals surface area contributed by atoms with Crippen LogP contribution in [0.25, 0.3) is 11.0 Å². The Kier molecular flexibility index (Phi) is 3.65. The number of sulfonamides is 1. The SMILES string of the molecule is Cc1cc(F)ccc1NS(=O)(=O)c1cc2[nH]c(=O)[nH]c2cc1Cl. The van der Waals surface area contributed by atoms with Gasteiger partial charge in [0.05, 0.1) is 21.7 Å². The average Bonchev–Trinajstić information content (AvgIpc) is 2.80. The molecule has 3 rings (SSSR count). The first-order chi connectivity index (χ1) is 10.8. The molecule has 0 spiro atoms. The van der Waals surface area contributed by atoms with Gasteiger partial charge in [-0.3, -0.25) is 4.72 Å². The number of hydrogen-bond donors (Lipinski definition) is 3. The van der Waals surface area contributed by atoms with Crippen molar-refractivity contribution in [1.82, 2.24) is 9.97 Å². The van der Waals surface area contributed by atoms with Gasteiger partial charge in [0.2, 0.25) is 0 Å². The highest BCUT2D eigenvalue weighted by Crippen LogP contribution is 2.28. The molecule has 0 aliphatic heterocycles. The van der Waals surface area contributed by atoms with Gasteiger partial charge in [-0.05, 0) is 42.8 Å². The lowest BCUT2D eigenvalue weighted by molar-refractivity contribution is 0.601. The zero-order valence-electron chi connectivity index (χ0n) is 11.8. The van der Waals surface area contributed by atoms with Gasteiger partial charge in [0, 0.05) is 0 Å². The summed E-state index contributed by atoms with van der Waals surface area (Å²) in [6, 6.07) is 6.30. The summed E-state index contributed by atoms with van der Waals surface area (Å²) in [5.74, 6) is -0.463. The maximum Gasteiger partial charge on any atom is 0.323 e. The summed E-state index contributed by atoms with van der Waals surface area (Å²) in [4.78, 5) is 16.0. The normalized spacial score (nSPS) is 11.8. The van der Waals surface area contributed by atoms with Crippen molar-refractivity contribution in [2.45, 2.75) is 11.8 Å². The first kappa shape index (κ1) is 15.6. The van der Waals surface area contributed by atoms with Crippen molar-refractivity contribution in [2.24, 2.45) is 0 Å². The summed E-state index contributed by atoms with van der Waals surface area (Å²) in [5.41, 5.74) is 0.923. The predicted octanol–water partition coefficient (Wildman–Crippen LogP) is 2.76. The summed E-state index contributed by atoms with van der Waals surface area (Å²) >= 11 is 6.01. The van der Waals surface area contributed by atoms with E-state index < -0.39 is 21.5 Å². The number of imidazole rings is 1. The third-order valence-electron chi connectivity index (χ3n) is 3.29. The summed E-state index contributed by atoms with van der Waals surface area (Å²) in [7, 11) is -4.00. The minimum Gasteiger partial charge on any atom is -0.306 e. The third kappa shape index (κ3) is 2.95. The summed E-state index contributed by atoms with van der Waals surface area (Å²) < 4.78 is 40.5. The van der Waals surface area contributed by atoms with E-state index in [4.69, 9.17) is 11.6 Å². The van der Waals surface area contributed by atoms with E-state index in [2.05, 4.69) is 14.7 Å². The Morgan fingerprint density at radius 3 is 2.43 bits per heavy atom. The molecule has 2 aromatic carbocycles. The molecular formula is C14H11ClFN3O3S. The summed E-state index contributed by atoms with van der Waals surface area (Å²) in [5, 5.41) is -0.0417. The number of nitrogens with one attached hydrogen (secondary N) is 3. The third-order valence-corrected chi connectivity index (χ3v) is 5.12. The van der Waals surface area contributed by atoms with Crippen LogP contribution in [0, 0.1) is 12.7 Å². The molecule has 1 aromatic heterocycles. The lowest BCUT2D eigenvalue weighted by Crippen LogP contribution is -2.14. The molecule has 23 heavy (non-hydrogen) atoms. The highest BCUT2D eigenvalue weighted by Gasteiger charge is 2.20. The van der Waals surface area contributed by atoms with E-state index in [0.29, 0.717) is 16.6 Å². The van der Waals surface area contributed by atoms with E-state index >= 15 is 0 Å². The molecule has 0 bridgehead atoms. The molecule has 0 atom stereocenters. The first-order valence-electron chi connectivity index (χ1n) is 6.47. The van der Waals surface area contributed by atoms with Crippen LogP contribution in [0.3, 0.4) is 0 Å². The second-order valence-corrected chi connectivity index (χ2v) is 7.03. The number of aromatic amines is 2. The van der Waals surface area contributed by atoms with Crippen LogP contribution in [-0.4, -0.2) is 18.4 Å². The molecule has 0 amide bonds. The van der Waals surface area contributed by atoms with Crippen LogP contribution >= 0.6 is 11.6 Å². The number of fused-ring (bicyclic) bond motifs is 1. The monoisotopic (exact) mass is 355 g/mol. The summed E-state index contributed by atoms with van der Waals surface area (Å²) in [6.07, 6.45) is 0. The van der Waals surface area contributed by atoms with Gasteiger partial charge >= 0.3 is 5.69 Å². The molecule has 120 valence electrons. The summed E-state index contributed by atoms with van der Waals surface area (Å²) in [6.45, 7) is 1.58. The van der Waals surface area contributed by atoms with Gasteiger partial charge in [0.1, 0.15) is 10.7 Å². The minimum atomic E-state index is -4.00. The zero-order chi connectivity index (χ0) is 16.8. The number of rotatable bonds is 3. The Hall–Kier alpha value is -2.32. The van der Waals surface area contributed by atoms with Gasteiger partial charge < -0.3 is 9.97 Å². The second-order valence-electron chi connectivity index (χ2n) is 4.97. The molecule has 0 radical (unpaired) electrons. The lowest BCUT2D eigenvalue weighted by atomic mass is 10.2. The Labute approximate surface area is 135 Å². The Balaban J connectivity index is 2.08. The quantitative estimate of drug-likeness (QED) is 0.674. The fourth-order valence-electron chi connectivity index (χ4n) is 2.18. The van der Waals surface area contributed by atoms with Crippen molar-refractivity contribution in [2.75, 3.05) is 4.72 Å². The Bertz CT molecular complexity index is 1070. The zero-order valence-corrected chi connectivity index (χ0v) is 13.3. The van der Waals surface area contributed by atoms with Gasteiger partial charge in [-0.2, -0.15) is 0 Å². The number of aryl methyl sites for hydroxylation is 1. The van der Waals surface area contributed by atoms with Crippen molar-refractivity contribution in [3.05, 3.63) is 57.2 Å². The van der Waals surface area contributed by atoms with Crippen molar-refractivity contribution < 1.29 is 12.8 Å². The van der Waals surface area contributed by atoms with Crippen LogP contribution in [0.4, 0.5) is 10.1 Å². The number of aromatic nitrogens is 2. The van der Waals surface area contributed by atoms with Crippen LogP contribution in [-0.2, 0) is 10.0 Å². The molecule has 0 saturated carbocycles. The smallest absolute Gasteiger partial charge is 0.306 e. The topological polar surface area (TPSA) is 94.8 Å². The number of anilines is 1. The molecule has 0 saturated heterocycles. The van der Waals surface area contributed by atoms with Crippen molar-refractivity contribution >= 4 is 38.3 Å². The second kappa shape index (κ2) is 5.39. The number of halogens is 2. The van der Waals surface area contributed by atoms with Gasteiger partial charge in [-0.25, -0.2) is 17.6 Å². The van der Waals surface area contributed by atoms with Crippen molar-refractivity contribution in [1.29, 1.82) is 0 Å². The van der Waals surface area contributed by atoms with Crippen molar-refractivity contribution in [3.8, 4) is 0 Å². The van der Waals surface area contributed by atoms with Crippen LogP contribution < -0.4 is 10.4 Å². The molecule has 9 heteroatoms. The number of hydrogen-bond acceptors (Lipinski definition) is 3. The van der Waals surface area contributed by atoms with E-state index in [1.54, 1.807) is 6.92 Å². The molecule has 3 N–H and O–H groups in total. The maximum atomic E-state index is 13.1. The van der Waals surface area contributed by atoms with E-state index in [1.807, 2.05) is 0 Å². The van der Waals surface area contributed by atoms with E-state index in [1.165, 1.54) is 24.3 Å². The molecule has 6 nitrogen and oxygen atoms in total. The molecule has 0 aliphatic carbocycles. The highest BCUT2D eigenvalue weighted by molar-refractivity contribution is 7.92. The fourth-order valence-corrected chi connectivity index (χ4v) is 3.87. The van der Waals surface area contributed by atoms with Crippen LogP contribution in [0.15, 0.2) is 40.0 Å². The average molecular weight is 356 g/mol. The molecule has 0 unspecified atom stereocenters. The predicted molar refractivity (Wildman–Crippen MR) is 85.9 cm³/mol. The van der Waals surface area contributed by atoms with E-state index in [-0.39, 0.29) is 15.6 Å². The van der Waals surface area contributed by atoms with Gasteiger partial charge in [0.15, 0.2) is 0 Å². The maximum absolute atomic E-state index is 13.1. The van der Waals surface area contributed by atoms with E-state index in [0.717, 1.165) is 6.07 Å². The number of H-pyrrole nitrogens is 2. The Morgan fingerprint density at radius 2 is 1.78 bits per heavy atom. The van der Waals surface area contributed by atoms with Gasteiger partial charge in [0.25, 0.3) is 10.0 Å². The van der Waals surface area contributed by atoms with E-state index in [9.17, 15) is 17.6 Å². The fraction of sp³-hybridized carbons (Fsp3) is 0.0714. The van der Waals surface area contributed by atoms with Crippen LogP contribution in [0.2, 0.25) is 5.02 Å². The minimum absolute atomic E-state index is 0.0417. The molecular weight excluding hydrogens is 345 g/mol. The standard InChI is InChI=1S/C14H11ClFN3O3S/c1-7-4-8(16)2-3-10(7)19-23(21,22)13-6-12-11(5-9(13)15)17-14(20)18-12/h2-6,19H,1H3,(H2,17,18,20). The lowest BCUT2D eigenvalue weighted by Gasteiger charge is -2.11. The molecule has 1 heterocycles. The van der Waals surface area contributed by atoms with Gasteiger partial charge in [-0.15, -0.1) is 0 Å². The largest absolute Gasteiger partial charge is 0.323 e. The van der Waals surface area contributed by atoms with Crippen LogP contribution in [0.5, 0.6) is 0 Å². The molecule has 0 aliphatic rings. The Morgan fingerprint density at radius 1 is 1.13 bits per heavy atom.